The van der Waals surface area contributed by atoms with Gasteiger partial charge in [0.15, 0.2) is 5.78 Å². The first kappa shape index (κ1) is 14.5. The van der Waals surface area contributed by atoms with Crippen molar-refractivity contribution in [1.82, 2.24) is 0 Å². The Hall–Kier alpha value is -1.58. The first-order chi connectivity index (χ1) is 8.58. The van der Waals surface area contributed by atoms with Crippen LogP contribution in [0.4, 0.5) is 0 Å². The predicted molar refractivity (Wildman–Crippen MR) is 67.8 cm³/mol. The van der Waals surface area contributed by atoms with Crippen molar-refractivity contribution in [3.63, 3.8) is 0 Å². The normalized spacial score (nSPS) is 18.7. The molecule has 0 aromatic rings. The minimum Gasteiger partial charge on any atom is -0.501 e. The molecule has 1 aliphatic rings. The van der Waals surface area contributed by atoms with Crippen LogP contribution < -0.4 is 0 Å². The second-order valence-corrected chi connectivity index (χ2v) is 4.30. The Kier molecular flexibility index (Phi) is 5.62. The number of carbonyl (C=O) groups excluding carboxylic acids is 2. The third-order valence-electron chi connectivity index (χ3n) is 2.92. The molecule has 0 fully saturated rings. The zero-order valence-corrected chi connectivity index (χ0v) is 11.2. The van der Waals surface area contributed by atoms with Crippen LogP contribution >= 0.6 is 0 Å². The molecule has 0 aromatic heterocycles. The van der Waals surface area contributed by atoms with Crippen molar-refractivity contribution >= 4 is 11.8 Å². The van der Waals surface area contributed by atoms with E-state index in [4.69, 9.17) is 9.47 Å². The van der Waals surface area contributed by atoms with E-state index >= 15 is 0 Å². The summed E-state index contributed by atoms with van der Waals surface area (Å²) < 4.78 is 9.99. The first-order valence-electron chi connectivity index (χ1n) is 6.22. The van der Waals surface area contributed by atoms with Crippen molar-refractivity contribution in [2.45, 2.75) is 33.1 Å². The van der Waals surface area contributed by atoms with Crippen LogP contribution in [0.1, 0.15) is 33.1 Å². The second kappa shape index (κ2) is 6.99. The largest absolute Gasteiger partial charge is 0.501 e. The molecule has 0 saturated heterocycles. The van der Waals surface area contributed by atoms with Gasteiger partial charge in [0.05, 0.1) is 25.9 Å². The highest BCUT2D eigenvalue weighted by molar-refractivity contribution is 5.97. The van der Waals surface area contributed by atoms with Crippen molar-refractivity contribution in [1.29, 1.82) is 0 Å². The standard InChI is InChI=1S/C14H20O4/c1-4-18-14(16)8-6-12(15)11-5-7-13(17-3)10(2)9-11/h5,7,10H,4,6,8-9H2,1-3H3. The Morgan fingerprint density at radius 3 is 2.61 bits per heavy atom. The van der Waals surface area contributed by atoms with Gasteiger partial charge in [-0.2, -0.15) is 0 Å². The third-order valence-corrected chi connectivity index (χ3v) is 2.92. The minimum atomic E-state index is -0.316. The van der Waals surface area contributed by atoms with Crippen molar-refractivity contribution in [3.05, 3.63) is 23.5 Å². The van der Waals surface area contributed by atoms with E-state index in [-0.39, 0.29) is 30.5 Å². The van der Waals surface area contributed by atoms with Gasteiger partial charge >= 0.3 is 5.97 Å². The third kappa shape index (κ3) is 4.02. The van der Waals surface area contributed by atoms with Gasteiger partial charge in [-0.1, -0.05) is 13.0 Å². The molecule has 0 radical (unpaired) electrons. The fraction of sp³-hybridized carbons (Fsp3) is 0.571. The van der Waals surface area contributed by atoms with Crippen LogP contribution in [0, 0.1) is 5.92 Å². The number of allylic oxidation sites excluding steroid dienone is 4. The van der Waals surface area contributed by atoms with Crippen LogP contribution in [0.25, 0.3) is 0 Å². The Morgan fingerprint density at radius 1 is 1.33 bits per heavy atom. The highest BCUT2D eigenvalue weighted by Crippen LogP contribution is 2.26. The second-order valence-electron chi connectivity index (χ2n) is 4.30. The topological polar surface area (TPSA) is 52.6 Å². The maximum Gasteiger partial charge on any atom is 0.306 e. The molecular formula is C14H20O4. The van der Waals surface area contributed by atoms with Gasteiger partial charge in [-0.15, -0.1) is 0 Å². The molecule has 0 amide bonds. The van der Waals surface area contributed by atoms with E-state index < -0.39 is 0 Å². The van der Waals surface area contributed by atoms with Gasteiger partial charge < -0.3 is 9.47 Å². The molecule has 1 unspecified atom stereocenters. The molecule has 1 aliphatic carbocycles. The number of Topliss-reactive ketones (excluding diaryl/α,β-unsaturated/α-hetero) is 1. The summed E-state index contributed by atoms with van der Waals surface area (Å²) in [6, 6.07) is 0. The van der Waals surface area contributed by atoms with E-state index in [0.29, 0.717) is 13.0 Å². The number of methoxy groups -OCH3 is 1. The van der Waals surface area contributed by atoms with Crippen LogP contribution in [-0.2, 0) is 19.1 Å². The van der Waals surface area contributed by atoms with Gasteiger partial charge in [-0.05, 0) is 25.0 Å². The van der Waals surface area contributed by atoms with E-state index in [9.17, 15) is 9.59 Å². The lowest BCUT2D eigenvalue weighted by Crippen LogP contribution is -2.14. The zero-order valence-electron chi connectivity index (χ0n) is 11.2. The number of hydrogen-bond donors (Lipinski definition) is 0. The average molecular weight is 252 g/mol. The number of ether oxygens (including phenoxy) is 2. The maximum atomic E-state index is 11.9. The monoisotopic (exact) mass is 252 g/mol. The molecule has 1 rings (SSSR count). The van der Waals surface area contributed by atoms with Gasteiger partial charge in [-0.3, -0.25) is 9.59 Å². The molecule has 0 heterocycles. The van der Waals surface area contributed by atoms with Crippen LogP contribution in [0.3, 0.4) is 0 Å². The molecule has 0 aromatic carbocycles. The molecule has 0 N–H and O–H groups in total. The summed E-state index contributed by atoms with van der Waals surface area (Å²) in [5.41, 5.74) is 0.757. The van der Waals surface area contributed by atoms with Crippen molar-refractivity contribution < 1.29 is 19.1 Å². The summed E-state index contributed by atoms with van der Waals surface area (Å²) in [6.07, 6.45) is 4.65. The predicted octanol–water partition coefficient (Wildman–Crippen LogP) is 2.40. The molecule has 0 saturated carbocycles. The van der Waals surface area contributed by atoms with Gasteiger partial charge in [0, 0.05) is 12.3 Å². The molecular weight excluding hydrogens is 232 g/mol. The molecule has 0 bridgehead atoms. The number of esters is 1. The smallest absolute Gasteiger partial charge is 0.306 e. The van der Waals surface area contributed by atoms with Gasteiger partial charge in [0.25, 0.3) is 0 Å². The van der Waals surface area contributed by atoms with Crippen LogP contribution in [0.5, 0.6) is 0 Å². The van der Waals surface area contributed by atoms with Gasteiger partial charge in [0.1, 0.15) is 0 Å². The SMILES string of the molecule is CCOC(=O)CCC(=O)C1=CC=C(OC)C(C)C1. The van der Waals surface area contributed by atoms with E-state index in [1.54, 1.807) is 20.1 Å². The van der Waals surface area contributed by atoms with Gasteiger partial charge in [0.2, 0.25) is 0 Å². The minimum absolute atomic E-state index is 0.0151. The van der Waals surface area contributed by atoms with E-state index in [1.807, 2.05) is 13.0 Å². The molecule has 0 aliphatic heterocycles. The Bertz CT molecular complexity index is 379. The summed E-state index contributed by atoms with van der Waals surface area (Å²) in [4.78, 5) is 23.1. The maximum absolute atomic E-state index is 11.9. The lowest BCUT2D eigenvalue weighted by molar-refractivity contribution is -0.144. The highest BCUT2D eigenvalue weighted by Gasteiger charge is 2.20. The van der Waals surface area contributed by atoms with E-state index in [1.165, 1.54) is 0 Å². The fourth-order valence-corrected chi connectivity index (χ4v) is 1.93. The van der Waals surface area contributed by atoms with Crippen molar-refractivity contribution in [3.8, 4) is 0 Å². The number of carbonyl (C=O) groups is 2. The number of rotatable bonds is 6. The molecule has 18 heavy (non-hydrogen) atoms. The molecule has 0 spiro atoms. The molecule has 4 heteroatoms. The Morgan fingerprint density at radius 2 is 2.06 bits per heavy atom. The van der Waals surface area contributed by atoms with Crippen LogP contribution in [0.15, 0.2) is 23.5 Å². The summed E-state index contributed by atoms with van der Waals surface area (Å²) in [7, 11) is 1.63. The highest BCUT2D eigenvalue weighted by atomic mass is 16.5. The summed E-state index contributed by atoms with van der Waals surface area (Å²) in [5.74, 6) is 0.795. The lowest BCUT2D eigenvalue weighted by atomic mass is 9.90. The van der Waals surface area contributed by atoms with E-state index in [2.05, 4.69) is 0 Å². The number of hydrogen-bond acceptors (Lipinski definition) is 4. The summed E-state index contributed by atoms with van der Waals surface area (Å²) in [6.45, 7) is 4.12. The van der Waals surface area contributed by atoms with Crippen molar-refractivity contribution in [2.75, 3.05) is 13.7 Å². The molecule has 4 nitrogen and oxygen atoms in total. The number of ketones is 1. The Labute approximate surface area is 108 Å². The van der Waals surface area contributed by atoms with Crippen LogP contribution in [-0.4, -0.2) is 25.5 Å². The summed E-state index contributed by atoms with van der Waals surface area (Å²) >= 11 is 0. The fourth-order valence-electron chi connectivity index (χ4n) is 1.93. The lowest BCUT2D eigenvalue weighted by Gasteiger charge is -2.19. The molecule has 1 atom stereocenters. The Balaban J connectivity index is 2.51. The van der Waals surface area contributed by atoms with Crippen molar-refractivity contribution in [2.24, 2.45) is 5.92 Å². The van der Waals surface area contributed by atoms with Gasteiger partial charge in [-0.25, -0.2) is 0 Å². The molecule has 100 valence electrons. The van der Waals surface area contributed by atoms with E-state index in [0.717, 1.165) is 11.3 Å². The first-order valence-corrected chi connectivity index (χ1v) is 6.22. The van der Waals surface area contributed by atoms with Crippen LogP contribution in [0.2, 0.25) is 0 Å². The summed E-state index contributed by atoms with van der Waals surface area (Å²) in [5, 5.41) is 0. The zero-order chi connectivity index (χ0) is 13.5. The average Bonchev–Trinajstić information content (AvgIpc) is 2.36. The quantitative estimate of drug-likeness (QED) is 0.681.